The van der Waals surface area contributed by atoms with E-state index in [0.29, 0.717) is 0 Å². The van der Waals surface area contributed by atoms with Crippen LogP contribution >= 0.6 is 0 Å². The molecule has 3 rings (SSSR count). The van der Waals surface area contributed by atoms with Crippen molar-refractivity contribution in [3.8, 4) is 0 Å². The van der Waals surface area contributed by atoms with Gasteiger partial charge in [0.05, 0.1) is 12.1 Å². The number of hydrogen-bond acceptors (Lipinski definition) is 3. The van der Waals surface area contributed by atoms with Crippen LogP contribution in [0.1, 0.15) is 49.5 Å². The Morgan fingerprint density at radius 2 is 1.09 bits per heavy atom. The normalized spacial score (nSPS) is 15.9. The lowest BCUT2D eigenvalue weighted by atomic mass is 9.75. The van der Waals surface area contributed by atoms with Crippen LogP contribution in [0.2, 0.25) is 0 Å². The average molecular weight is 445 g/mol. The van der Waals surface area contributed by atoms with E-state index in [1.54, 1.807) is 0 Å². The molecular weight excluding hydrogens is 404 g/mol. The number of likely N-dealkylation sites (N-methyl/N-ethyl adjacent to an activating group) is 2. The van der Waals surface area contributed by atoms with Crippen LogP contribution in [0.5, 0.6) is 0 Å². The molecule has 0 spiro atoms. The summed E-state index contributed by atoms with van der Waals surface area (Å²) in [5.74, 6) is 0.0645. The molecule has 0 aliphatic rings. The lowest BCUT2D eigenvalue weighted by Gasteiger charge is -2.45. The van der Waals surface area contributed by atoms with E-state index in [0.717, 1.165) is 6.42 Å². The third-order valence-corrected chi connectivity index (χ3v) is 6.76. The molecule has 3 heteroatoms. The van der Waals surface area contributed by atoms with Gasteiger partial charge in [0.25, 0.3) is 0 Å². The minimum atomic E-state index is -0.610. The summed E-state index contributed by atoms with van der Waals surface area (Å²) in [5.41, 5.74) is 3.64. The predicted molar refractivity (Wildman–Crippen MR) is 139 cm³/mol. The van der Waals surface area contributed by atoms with Crippen molar-refractivity contribution in [3.63, 3.8) is 0 Å². The summed E-state index contributed by atoms with van der Waals surface area (Å²) in [6, 6.07) is 31.8. The number of hydrogen-bond donors (Lipinski definition) is 1. The summed E-state index contributed by atoms with van der Waals surface area (Å²) in [6.45, 7) is 6.70. The lowest BCUT2D eigenvalue weighted by molar-refractivity contribution is -0.0931. The van der Waals surface area contributed by atoms with Gasteiger partial charge in [0.2, 0.25) is 0 Å². The molecule has 0 saturated heterocycles. The maximum atomic E-state index is 11.9. The van der Waals surface area contributed by atoms with Crippen molar-refractivity contribution in [1.82, 2.24) is 9.80 Å². The zero-order valence-electron chi connectivity index (χ0n) is 21.0. The number of rotatable bonds is 9. The van der Waals surface area contributed by atoms with Gasteiger partial charge in [-0.25, -0.2) is 0 Å². The van der Waals surface area contributed by atoms with Gasteiger partial charge in [0, 0.05) is 5.92 Å². The summed E-state index contributed by atoms with van der Waals surface area (Å²) < 4.78 is 0. The highest BCUT2D eigenvalue weighted by Crippen LogP contribution is 2.41. The topological polar surface area (TPSA) is 26.7 Å². The first kappa shape index (κ1) is 25.2. The molecule has 3 aromatic carbocycles. The first-order chi connectivity index (χ1) is 15.7. The van der Waals surface area contributed by atoms with Crippen molar-refractivity contribution in [2.24, 2.45) is 11.3 Å². The van der Waals surface area contributed by atoms with Crippen LogP contribution in [-0.2, 0) is 6.42 Å². The zero-order valence-corrected chi connectivity index (χ0v) is 21.0. The lowest BCUT2D eigenvalue weighted by Crippen LogP contribution is -2.48. The van der Waals surface area contributed by atoms with Crippen LogP contribution in [-0.4, -0.2) is 42.3 Å². The number of aliphatic hydroxyl groups is 1. The molecule has 0 aliphatic heterocycles. The van der Waals surface area contributed by atoms with E-state index >= 15 is 0 Å². The van der Waals surface area contributed by atoms with Gasteiger partial charge in [-0.2, -0.15) is 0 Å². The molecule has 0 bridgehead atoms. The molecule has 0 aromatic heterocycles. The summed E-state index contributed by atoms with van der Waals surface area (Å²) in [6.07, 6.45) is 0.219. The summed E-state index contributed by atoms with van der Waals surface area (Å²) in [4.78, 5) is 4.45. The SMILES string of the molecule is CN(C)[C@H](c1ccccc1)[C@@H](c1ccccc1)N(C)C(O)C(Cc1ccccc1)C(C)(C)C. The quantitative estimate of drug-likeness (QED) is 0.399. The van der Waals surface area contributed by atoms with Gasteiger partial charge in [0.15, 0.2) is 0 Å². The molecule has 0 amide bonds. The second-order valence-electron chi connectivity index (χ2n) is 10.4. The monoisotopic (exact) mass is 444 g/mol. The fourth-order valence-electron chi connectivity index (χ4n) is 4.88. The predicted octanol–water partition coefficient (Wildman–Crippen LogP) is 6.19. The summed E-state index contributed by atoms with van der Waals surface area (Å²) >= 11 is 0. The highest BCUT2D eigenvalue weighted by molar-refractivity contribution is 5.28. The number of aliphatic hydroxyl groups excluding tert-OH is 1. The van der Waals surface area contributed by atoms with Crippen LogP contribution in [0.3, 0.4) is 0 Å². The van der Waals surface area contributed by atoms with Crippen molar-refractivity contribution < 1.29 is 5.11 Å². The van der Waals surface area contributed by atoms with Gasteiger partial charge in [-0.3, -0.25) is 4.90 Å². The van der Waals surface area contributed by atoms with Gasteiger partial charge in [-0.1, -0.05) is 112 Å². The third-order valence-electron chi connectivity index (χ3n) is 6.76. The Hall–Kier alpha value is -2.46. The highest BCUT2D eigenvalue weighted by Gasteiger charge is 2.39. The fourth-order valence-corrected chi connectivity index (χ4v) is 4.88. The van der Waals surface area contributed by atoms with Crippen LogP contribution in [0.4, 0.5) is 0 Å². The van der Waals surface area contributed by atoms with E-state index in [1.165, 1.54) is 16.7 Å². The van der Waals surface area contributed by atoms with E-state index in [2.05, 4.69) is 137 Å². The van der Waals surface area contributed by atoms with Crippen molar-refractivity contribution in [2.75, 3.05) is 21.1 Å². The van der Waals surface area contributed by atoms with Gasteiger partial charge >= 0.3 is 0 Å². The van der Waals surface area contributed by atoms with Crippen molar-refractivity contribution >= 4 is 0 Å². The molecule has 0 aliphatic carbocycles. The Balaban J connectivity index is 2.03. The molecule has 1 N–H and O–H groups in total. The van der Waals surface area contributed by atoms with Gasteiger partial charge in [-0.05, 0) is 49.7 Å². The summed E-state index contributed by atoms with van der Waals surface area (Å²) in [5, 5.41) is 11.9. The molecule has 0 heterocycles. The molecule has 33 heavy (non-hydrogen) atoms. The Morgan fingerprint density at radius 1 is 0.667 bits per heavy atom. The zero-order chi connectivity index (χ0) is 24.0. The molecule has 2 unspecified atom stereocenters. The molecule has 176 valence electrons. The minimum absolute atomic E-state index is 0.0146. The third kappa shape index (κ3) is 6.32. The van der Waals surface area contributed by atoms with Crippen LogP contribution in [0, 0.1) is 11.3 Å². The Kier molecular flexibility index (Phi) is 8.47. The van der Waals surface area contributed by atoms with Crippen LogP contribution in [0.15, 0.2) is 91.0 Å². The molecule has 0 saturated carbocycles. The molecule has 0 radical (unpaired) electrons. The van der Waals surface area contributed by atoms with E-state index < -0.39 is 6.23 Å². The van der Waals surface area contributed by atoms with Crippen LogP contribution in [0.25, 0.3) is 0 Å². The number of nitrogens with zero attached hydrogens (tertiary/aromatic N) is 2. The Bertz CT molecular complexity index is 951. The fraction of sp³-hybridized carbons (Fsp3) is 0.400. The summed E-state index contributed by atoms with van der Waals surface area (Å²) in [7, 11) is 6.32. The van der Waals surface area contributed by atoms with E-state index in [9.17, 15) is 5.11 Å². The smallest absolute Gasteiger partial charge is 0.111 e. The first-order valence-electron chi connectivity index (χ1n) is 11.9. The van der Waals surface area contributed by atoms with Crippen molar-refractivity contribution in [1.29, 1.82) is 0 Å². The molecule has 3 nitrogen and oxygen atoms in total. The maximum absolute atomic E-state index is 11.9. The molecular formula is C30H40N2O. The molecule has 0 fully saturated rings. The standard InChI is InChI=1S/C30H40N2O/c1-30(2,3)26(22-23-16-10-7-11-17-23)29(33)32(6)28(25-20-14-9-15-21-25)27(31(4)5)24-18-12-8-13-19-24/h7-21,26-29,33H,22H2,1-6H3/t26?,27-,28-,29?/m1/s1. The number of benzene rings is 3. The second-order valence-corrected chi connectivity index (χ2v) is 10.4. The van der Waals surface area contributed by atoms with Gasteiger partial charge in [0.1, 0.15) is 6.23 Å². The van der Waals surface area contributed by atoms with E-state index in [1.807, 2.05) is 6.07 Å². The Morgan fingerprint density at radius 3 is 1.52 bits per heavy atom. The van der Waals surface area contributed by atoms with Crippen molar-refractivity contribution in [3.05, 3.63) is 108 Å². The largest absolute Gasteiger partial charge is 0.378 e. The van der Waals surface area contributed by atoms with Gasteiger partial charge < -0.3 is 10.0 Å². The maximum Gasteiger partial charge on any atom is 0.111 e. The second kappa shape index (κ2) is 11.1. The van der Waals surface area contributed by atoms with E-state index in [4.69, 9.17) is 0 Å². The first-order valence-corrected chi connectivity index (χ1v) is 11.9. The molecule has 3 aromatic rings. The molecule has 4 atom stereocenters. The Labute approximate surface area is 200 Å². The van der Waals surface area contributed by atoms with Crippen molar-refractivity contribution in [2.45, 2.75) is 45.5 Å². The highest BCUT2D eigenvalue weighted by atomic mass is 16.3. The minimum Gasteiger partial charge on any atom is -0.378 e. The van der Waals surface area contributed by atoms with E-state index in [-0.39, 0.29) is 23.4 Å². The van der Waals surface area contributed by atoms with Gasteiger partial charge in [-0.15, -0.1) is 0 Å². The van der Waals surface area contributed by atoms with Crippen LogP contribution < -0.4 is 0 Å². The average Bonchev–Trinajstić information content (AvgIpc) is 2.81.